The van der Waals surface area contributed by atoms with E-state index in [1.54, 1.807) is 20.8 Å². The number of likely N-dealkylation sites (N-methyl/N-ethyl adjacent to an activating group) is 1. The summed E-state index contributed by atoms with van der Waals surface area (Å²) in [5, 5.41) is 12.0. The number of aliphatic carboxylic acids is 1. The number of carbonyl (C=O) groups is 2. The van der Waals surface area contributed by atoms with Gasteiger partial charge in [0.25, 0.3) is 0 Å². The summed E-state index contributed by atoms with van der Waals surface area (Å²) in [5.41, 5.74) is -1.17. The molecule has 0 radical (unpaired) electrons. The Morgan fingerprint density at radius 1 is 1.35 bits per heavy atom. The van der Waals surface area contributed by atoms with E-state index in [4.69, 9.17) is 5.11 Å². The van der Waals surface area contributed by atoms with Crippen LogP contribution < -0.4 is 5.32 Å². The molecule has 0 unspecified atom stereocenters. The number of hydrogen-bond acceptors (Lipinski definition) is 2. The summed E-state index contributed by atoms with van der Waals surface area (Å²) < 4.78 is 0. The Morgan fingerprint density at radius 3 is 2.29 bits per heavy atom. The van der Waals surface area contributed by atoms with Crippen molar-refractivity contribution < 1.29 is 14.7 Å². The second-order valence-electron chi connectivity index (χ2n) is 5.04. The van der Waals surface area contributed by atoms with E-state index in [9.17, 15) is 9.59 Å². The molecule has 1 saturated carbocycles. The van der Waals surface area contributed by atoms with Gasteiger partial charge in [0.2, 0.25) is 0 Å². The van der Waals surface area contributed by atoms with Crippen molar-refractivity contribution in [2.75, 3.05) is 6.54 Å². The van der Waals surface area contributed by atoms with Gasteiger partial charge in [-0.1, -0.05) is 12.8 Å². The number of carboxylic acid groups (broad SMARTS) is 1. The molecule has 1 fully saturated rings. The number of hydrogen-bond donors (Lipinski definition) is 2. The number of carboxylic acids is 1. The zero-order valence-electron chi connectivity index (χ0n) is 10.8. The SMILES string of the molecule is CCN(C(=O)NC1CCCC1)C(C)(C)C(=O)O. The lowest BCUT2D eigenvalue weighted by Gasteiger charge is -2.35. The fraction of sp³-hybridized carbons (Fsp3) is 0.833. The summed E-state index contributed by atoms with van der Waals surface area (Å²) in [4.78, 5) is 24.5. The first kappa shape index (κ1) is 13.8. The predicted octanol–water partition coefficient (Wildman–Crippen LogP) is 1.82. The van der Waals surface area contributed by atoms with Crippen molar-refractivity contribution in [2.45, 2.75) is 58.0 Å². The normalized spacial score (nSPS) is 16.9. The van der Waals surface area contributed by atoms with Gasteiger partial charge in [-0.15, -0.1) is 0 Å². The maximum atomic E-state index is 12.0. The molecular formula is C12H22N2O3. The molecule has 5 heteroatoms. The van der Waals surface area contributed by atoms with Crippen LogP contribution in [0, 0.1) is 0 Å². The van der Waals surface area contributed by atoms with Crippen LogP contribution in [0.25, 0.3) is 0 Å². The highest BCUT2D eigenvalue weighted by atomic mass is 16.4. The van der Waals surface area contributed by atoms with Gasteiger partial charge in [0, 0.05) is 12.6 Å². The third kappa shape index (κ3) is 3.11. The van der Waals surface area contributed by atoms with E-state index in [0.717, 1.165) is 25.7 Å². The molecule has 17 heavy (non-hydrogen) atoms. The molecule has 0 heterocycles. The Kier molecular flexibility index (Phi) is 4.37. The molecule has 0 bridgehead atoms. The third-order valence-electron chi connectivity index (χ3n) is 3.44. The molecule has 0 aromatic heterocycles. The maximum Gasteiger partial charge on any atom is 0.329 e. The van der Waals surface area contributed by atoms with Gasteiger partial charge in [-0.05, 0) is 33.6 Å². The Morgan fingerprint density at radius 2 is 1.88 bits per heavy atom. The number of nitrogens with one attached hydrogen (secondary N) is 1. The van der Waals surface area contributed by atoms with Gasteiger partial charge in [-0.25, -0.2) is 9.59 Å². The largest absolute Gasteiger partial charge is 0.480 e. The van der Waals surface area contributed by atoms with Crippen molar-refractivity contribution in [3.63, 3.8) is 0 Å². The minimum atomic E-state index is -1.17. The summed E-state index contributed by atoms with van der Waals surface area (Å²) in [6.07, 6.45) is 4.27. The lowest BCUT2D eigenvalue weighted by molar-refractivity contribution is -0.147. The first-order valence-electron chi connectivity index (χ1n) is 6.21. The van der Waals surface area contributed by atoms with E-state index in [0.29, 0.717) is 6.54 Å². The van der Waals surface area contributed by atoms with E-state index in [1.807, 2.05) is 0 Å². The van der Waals surface area contributed by atoms with Crippen LogP contribution in [0.15, 0.2) is 0 Å². The van der Waals surface area contributed by atoms with Gasteiger partial charge in [-0.3, -0.25) is 0 Å². The van der Waals surface area contributed by atoms with Crippen molar-refractivity contribution in [3.8, 4) is 0 Å². The van der Waals surface area contributed by atoms with Crippen LogP contribution in [-0.2, 0) is 4.79 Å². The molecule has 0 saturated heterocycles. The zero-order chi connectivity index (χ0) is 13.1. The van der Waals surface area contributed by atoms with Gasteiger partial charge in [-0.2, -0.15) is 0 Å². The number of urea groups is 1. The standard InChI is InChI=1S/C12H22N2O3/c1-4-14(12(2,3)10(15)16)11(17)13-9-7-5-6-8-9/h9H,4-8H2,1-3H3,(H,13,17)(H,15,16). The van der Waals surface area contributed by atoms with Gasteiger partial charge in [0.15, 0.2) is 0 Å². The molecular weight excluding hydrogens is 220 g/mol. The molecule has 0 aromatic carbocycles. The lowest BCUT2D eigenvalue weighted by Crippen LogP contribution is -2.57. The lowest BCUT2D eigenvalue weighted by atomic mass is 10.0. The number of amides is 2. The average Bonchev–Trinajstić information content (AvgIpc) is 2.70. The quantitative estimate of drug-likeness (QED) is 0.790. The van der Waals surface area contributed by atoms with E-state index in [1.165, 1.54) is 4.90 Å². The second kappa shape index (κ2) is 5.38. The molecule has 1 rings (SSSR count). The highest BCUT2D eigenvalue weighted by Crippen LogP contribution is 2.20. The van der Waals surface area contributed by atoms with E-state index < -0.39 is 11.5 Å². The van der Waals surface area contributed by atoms with Crippen molar-refractivity contribution in [1.29, 1.82) is 0 Å². The molecule has 0 aromatic rings. The summed E-state index contributed by atoms with van der Waals surface area (Å²) in [5.74, 6) is -0.985. The monoisotopic (exact) mass is 242 g/mol. The molecule has 0 aliphatic heterocycles. The fourth-order valence-electron chi connectivity index (χ4n) is 2.23. The van der Waals surface area contributed by atoms with Crippen molar-refractivity contribution in [1.82, 2.24) is 10.2 Å². The smallest absolute Gasteiger partial charge is 0.329 e. The van der Waals surface area contributed by atoms with Gasteiger partial charge in [0.1, 0.15) is 5.54 Å². The minimum Gasteiger partial charge on any atom is -0.480 e. The summed E-state index contributed by atoms with van der Waals surface area (Å²) in [6.45, 7) is 5.27. The first-order chi connectivity index (χ1) is 7.89. The van der Waals surface area contributed by atoms with Gasteiger partial charge in [0.05, 0.1) is 0 Å². The second-order valence-corrected chi connectivity index (χ2v) is 5.04. The van der Waals surface area contributed by atoms with E-state index in [2.05, 4.69) is 5.32 Å². The Labute approximate surface area is 102 Å². The fourth-order valence-corrected chi connectivity index (χ4v) is 2.23. The molecule has 2 amide bonds. The van der Waals surface area contributed by atoms with Gasteiger partial charge < -0.3 is 15.3 Å². The van der Waals surface area contributed by atoms with Crippen LogP contribution in [0.1, 0.15) is 46.5 Å². The number of nitrogens with zero attached hydrogens (tertiary/aromatic N) is 1. The molecule has 5 nitrogen and oxygen atoms in total. The van der Waals surface area contributed by atoms with Gasteiger partial charge >= 0.3 is 12.0 Å². The Bertz CT molecular complexity index is 296. The summed E-state index contributed by atoms with van der Waals surface area (Å²) in [6, 6.07) is -0.0621. The van der Waals surface area contributed by atoms with Crippen molar-refractivity contribution in [2.24, 2.45) is 0 Å². The summed E-state index contributed by atoms with van der Waals surface area (Å²) >= 11 is 0. The molecule has 1 aliphatic carbocycles. The molecule has 0 atom stereocenters. The molecule has 0 spiro atoms. The minimum absolute atomic E-state index is 0.209. The van der Waals surface area contributed by atoms with Crippen LogP contribution in [0.4, 0.5) is 4.79 Å². The number of carbonyl (C=O) groups excluding carboxylic acids is 1. The highest BCUT2D eigenvalue weighted by molar-refractivity contribution is 5.85. The molecule has 2 N–H and O–H groups in total. The number of rotatable bonds is 4. The average molecular weight is 242 g/mol. The van der Waals surface area contributed by atoms with E-state index >= 15 is 0 Å². The Hall–Kier alpha value is -1.26. The van der Waals surface area contributed by atoms with Crippen LogP contribution >= 0.6 is 0 Å². The first-order valence-corrected chi connectivity index (χ1v) is 6.21. The van der Waals surface area contributed by atoms with E-state index in [-0.39, 0.29) is 12.1 Å². The Balaban J connectivity index is 2.66. The topological polar surface area (TPSA) is 69.6 Å². The van der Waals surface area contributed by atoms with Crippen LogP contribution in [-0.4, -0.2) is 40.1 Å². The maximum absolute atomic E-state index is 12.0. The summed E-state index contributed by atoms with van der Waals surface area (Å²) in [7, 11) is 0. The predicted molar refractivity (Wildman–Crippen MR) is 64.9 cm³/mol. The van der Waals surface area contributed by atoms with Crippen LogP contribution in [0.3, 0.4) is 0 Å². The molecule has 98 valence electrons. The van der Waals surface area contributed by atoms with Crippen molar-refractivity contribution >= 4 is 12.0 Å². The third-order valence-corrected chi connectivity index (χ3v) is 3.44. The zero-order valence-corrected chi connectivity index (χ0v) is 10.8. The van der Waals surface area contributed by atoms with Crippen LogP contribution in [0.5, 0.6) is 0 Å². The van der Waals surface area contributed by atoms with Crippen LogP contribution in [0.2, 0.25) is 0 Å². The highest BCUT2D eigenvalue weighted by Gasteiger charge is 2.37. The van der Waals surface area contributed by atoms with Crippen molar-refractivity contribution in [3.05, 3.63) is 0 Å². The molecule has 1 aliphatic rings.